The second kappa shape index (κ2) is 5.57. The van der Waals surface area contributed by atoms with Crippen molar-refractivity contribution in [3.8, 4) is 0 Å². The van der Waals surface area contributed by atoms with Gasteiger partial charge in [-0.25, -0.2) is 14.7 Å². The SMILES string of the molecule is O=C(N1Cc2ccccc2C1)N1CCCC(c2n[nH]c(=O)o2)C1. The van der Waals surface area contributed by atoms with Gasteiger partial charge >= 0.3 is 11.8 Å². The maximum Gasteiger partial charge on any atom is 0.434 e. The summed E-state index contributed by atoms with van der Waals surface area (Å²) in [5.74, 6) is -0.160. The molecular weight excluding hydrogens is 296 g/mol. The van der Waals surface area contributed by atoms with Crippen molar-refractivity contribution in [2.24, 2.45) is 0 Å². The van der Waals surface area contributed by atoms with Gasteiger partial charge in [0.1, 0.15) is 0 Å². The van der Waals surface area contributed by atoms with Gasteiger partial charge in [0.15, 0.2) is 0 Å². The first kappa shape index (κ1) is 14.0. The second-order valence-electron chi connectivity index (χ2n) is 6.14. The van der Waals surface area contributed by atoms with Crippen LogP contribution in [-0.2, 0) is 13.1 Å². The molecule has 1 unspecified atom stereocenters. The number of carbonyl (C=O) groups is 1. The molecule has 0 bridgehead atoms. The first-order chi connectivity index (χ1) is 11.2. The molecule has 0 saturated carbocycles. The zero-order chi connectivity index (χ0) is 15.8. The molecule has 0 spiro atoms. The quantitative estimate of drug-likeness (QED) is 0.868. The van der Waals surface area contributed by atoms with Crippen molar-refractivity contribution < 1.29 is 9.21 Å². The van der Waals surface area contributed by atoms with Crippen LogP contribution in [0.15, 0.2) is 33.5 Å². The van der Waals surface area contributed by atoms with Crippen molar-refractivity contribution in [1.29, 1.82) is 0 Å². The third kappa shape index (κ3) is 2.62. The van der Waals surface area contributed by atoms with Crippen LogP contribution in [0.5, 0.6) is 0 Å². The number of nitrogens with zero attached hydrogens (tertiary/aromatic N) is 3. The first-order valence-corrected chi connectivity index (χ1v) is 7.87. The van der Waals surface area contributed by atoms with Gasteiger partial charge in [-0.15, -0.1) is 5.10 Å². The van der Waals surface area contributed by atoms with Crippen molar-refractivity contribution in [3.05, 3.63) is 51.8 Å². The van der Waals surface area contributed by atoms with Crippen LogP contribution < -0.4 is 5.76 Å². The lowest BCUT2D eigenvalue weighted by molar-refractivity contribution is 0.134. The van der Waals surface area contributed by atoms with Crippen LogP contribution >= 0.6 is 0 Å². The Labute approximate surface area is 132 Å². The van der Waals surface area contributed by atoms with Gasteiger partial charge in [0.05, 0.1) is 5.92 Å². The maximum absolute atomic E-state index is 12.8. The third-order valence-electron chi connectivity index (χ3n) is 4.61. The molecule has 1 aromatic carbocycles. The van der Waals surface area contributed by atoms with Crippen LogP contribution in [0.1, 0.15) is 35.8 Å². The minimum absolute atomic E-state index is 0.0170. The Morgan fingerprint density at radius 2 is 1.96 bits per heavy atom. The molecule has 7 nitrogen and oxygen atoms in total. The van der Waals surface area contributed by atoms with E-state index in [0.29, 0.717) is 25.5 Å². The lowest BCUT2D eigenvalue weighted by atomic mass is 9.98. The number of likely N-dealkylation sites (tertiary alicyclic amines) is 1. The molecule has 0 radical (unpaired) electrons. The summed E-state index contributed by atoms with van der Waals surface area (Å²) in [6.07, 6.45) is 1.76. The fourth-order valence-corrected chi connectivity index (χ4v) is 3.44. The average molecular weight is 314 g/mol. The molecule has 7 heteroatoms. The lowest BCUT2D eigenvalue weighted by Gasteiger charge is -2.33. The van der Waals surface area contributed by atoms with E-state index in [-0.39, 0.29) is 11.9 Å². The highest BCUT2D eigenvalue weighted by molar-refractivity contribution is 5.75. The van der Waals surface area contributed by atoms with Gasteiger partial charge in [-0.05, 0) is 24.0 Å². The van der Waals surface area contributed by atoms with E-state index < -0.39 is 5.76 Å². The van der Waals surface area contributed by atoms with E-state index in [4.69, 9.17) is 4.42 Å². The monoisotopic (exact) mass is 314 g/mol. The molecule has 2 aliphatic rings. The summed E-state index contributed by atoms with van der Waals surface area (Å²) in [6.45, 7) is 2.59. The predicted octanol–water partition coefficient (Wildman–Crippen LogP) is 1.68. The Morgan fingerprint density at radius 1 is 1.22 bits per heavy atom. The first-order valence-electron chi connectivity index (χ1n) is 7.87. The Morgan fingerprint density at radius 3 is 2.61 bits per heavy atom. The van der Waals surface area contributed by atoms with Crippen LogP contribution in [0.4, 0.5) is 4.79 Å². The number of hydrogen-bond acceptors (Lipinski definition) is 4. The molecule has 2 amide bonds. The Kier molecular flexibility index (Phi) is 3.40. The fourth-order valence-electron chi connectivity index (χ4n) is 3.44. The number of piperidine rings is 1. The molecular formula is C16H18N4O3. The molecule has 1 atom stereocenters. The number of rotatable bonds is 1. The maximum atomic E-state index is 12.8. The summed E-state index contributed by atoms with van der Waals surface area (Å²) in [6, 6.07) is 8.19. The molecule has 4 rings (SSSR count). The van der Waals surface area contributed by atoms with Crippen LogP contribution in [0.3, 0.4) is 0 Å². The zero-order valence-electron chi connectivity index (χ0n) is 12.7. The number of fused-ring (bicyclic) bond motifs is 1. The minimum Gasteiger partial charge on any atom is -0.392 e. The molecule has 2 aliphatic heterocycles. The van der Waals surface area contributed by atoms with Crippen molar-refractivity contribution in [2.75, 3.05) is 13.1 Å². The zero-order valence-corrected chi connectivity index (χ0v) is 12.7. The highest BCUT2D eigenvalue weighted by Crippen LogP contribution is 2.28. The summed E-state index contributed by atoms with van der Waals surface area (Å²) in [5, 5.41) is 6.20. The van der Waals surface area contributed by atoms with Crippen molar-refractivity contribution in [2.45, 2.75) is 31.8 Å². The number of urea groups is 1. The summed E-state index contributed by atoms with van der Waals surface area (Å²) in [4.78, 5) is 27.6. The molecule has 2 aromatic rings. The Balaban J connectivity index is 1.46. The summed E-state index contributed by atoms with van der Waals surface area (Å²) in [5.41, 5.74) is 2.43. The van der Waals surface area contributed by atoms with Gasteiger partial charge in [-0.3, -0.25) is 0 Å². The van der Waals surface area contributed by atoms with Gasteiger partial charge in [-0.2, -0.15) is 0 Å². The number of aromatic nitrogens is 2. The van der Waals surface area contributed by atoms with Crippen molar-refractivity contribution >= 4 is 6.03 Å². The average Bonchev–Trinajstić information content (AvgIpc) is 3.20. The Bertz CT molecular complexity index is 756. The molecule has 1 aromatic heterocycles. The van der Waals surface area contributed by atoms with Gasteiger partial charge in [0.25, 0.3) is 0 Å². The number of aromatic amines is 1. The normalized spacial score (nSPS) is 20.6. The van der Waals surface area contributed by atoms with E-state index in [1.165, 1.54) is 11.1 Å². The van der Waals surface area contributed by atoms with Crippen molar-refractivity contribution in [1.82, 2.24) is 20.0 Å². The third-order valence-corrected chi connectivity index (χ3v) is 4.61. The van der Waals surface area contributed by atoms with Crippen molar-refractivity contribution in [3.63, 3.8) is 0 Å². The largest absolute Gasteiger partial charge is 0.434 e. The number of carbonyl (C=O) groups excluding carboxylic acids is 1. The van der Waals surface area contributed by atoms with Crippen LogP contribution in [0.25, 0.3) is 0 Å². The van der Waals surface area contributed by atoms with E-state index in [1.807, 2.05) is 21.9 Å². The molecule has 1 fully saturated rings. The smallest absolute Gasteiger partial charge is 0.392 e. The topological polar surface area (TPSA) is 82.4 Å². The number of nitrogens with one attached hydrogen (secondary N) is 1. The summed E-state index contributed by atoms with van der Waals surface area (Å²) >= 11 is 0. The van der Waals surface area contributed by atoms with E-state index >= 15 is 0 Å². The number of benzene rings is 1. The second-order valence-corrected chi connectivity index (χ2v) is 6.14. The van der Waals surface area contributed by atoms with Gasteiger partial charge in [-0.1, -0.05) is 24.3 Å². The molecule has 1 saturated heterocycles. The van der Waals surface area contributed by atoms with Crippen LogP contribution in [0, 0.1) is 0 Å². The minimum atomic E-state index is -0.543. The number of hydrogen-bond donors (Lipinski definition) is 1. The molecule has 0 aliphatic carbocycles. The number of H-pyrrole nitrogens is 1. The predicted molar refractivity (Wildman–Crippen MR) is 81.8 cm³/mol. The van der Waals surface area contributed by atoms with E-state index in [2.05, 4.69) is 22.3 Å². The lowest BCUT2D eigenvalue weighted by Crippen LogP contribution is -2.45. The van der Waals surface area contributed by atoms with E-state index in [9.17, 15) is 9.59 Å². The highest BCUT2D eigenvalue weighted by atomic mass is 16.4. The van der Waals surface area contributed by atoms with Crippen LogP contribution in [-0.4, -0.2) is 39.1 Å². The molecule has 120 valence electrons. The highest BCUT2D eigenvalue weighted by Gasteiger charge is 2.32. The van der Waals surface area contributed by atoms with Gasteiger partial charge in [0, 0.05) is 26.2 Å². The standard InChI is InChI=1S/C16H18N4O3/c21-15-18-17-14(23-15)13-6-3-7-19(10-13)16(22)20-8-11-4-1-2-5-12(11)9-20/h1-2,4-5,13H,3,6-10H2,(H,18,21). The van der Waals surface area contributed by atoms with Gasteiger partial charge < -0.3 is 14.2 Å². The van der Waals surface area contributed by atoms with E-state index in [0.717, 1.165) is 19.4 Å². The van der Waals surface area contributed by atoms with E-state index in [1.54, 1.807) is 0 Å². The van der Waals surface area contributed by atoms with Crippen LogP contribution in [0.2, 0.25) is 0 Å². The summed E-state index contributed by atoms with van der Waals surface area (Å²) < 4.78 is 5.05. The number of amides is 2. The Hall–Kier alpha value is -2.57. The summed E-state index contributed by atoms with van der Waals surface area (Å²) in [7, 11) is 0. The van der Waals surface area contributed by atoms with Gasteiger partial charge in [0.2, 0.25) is 5.89 Å². The fraction of sp³-hybridized carbons (Fsp3) is 0.438. The molecule has 1 N–H and O–H groups in total. The molecule has 23 heavy (non-hydrogen) atoms. The molecule has 3 heterocycles.